The van der Waals surface area contributed by atoms with Crippen LogP contribution in [0.15, 0.2) is 18.2 Å². The average Bonchev–Trinajstić information content (AvgIpc) is 2.37. The summed E-state index contributed by atoms with van der Waals surface area (Å²) in [6.07, 6.45) is -2.21. The molecule has 0 spiro atoms. The zero-order valence-corrected chi connectivity index (χ0v) is 10.1. The minimum atomic E-state index is -2.21. The number of phenolic OH excluding ortho intramolecular Hbond substituents is 1. The fourth-order valence-corrected chi connectivity index (χ4v) is 1.45. The number of benzene rings is 1. The van der Waals surface area contributed by atoms with Crippen LogP contribution in [0, 0.1) is 10.1 Å². The largest absolute Gasteiger partial charge is 0.508 e. The minimum Gasteiger partial charge on any atom is -0.508 e. The van der Waals surface area contributed by atoms with Gasteiger partial charge in [-0.15, -0.1) is 0 Å². The number of esters is 1. The predicted molar refractivity (Wildman–Crippen MR) is 63.2 cm³/mol. The number of halogens is 1. The van der Waals surface area contributed by atoms with Crippen LogP contribution in [-0.4, -0.2) is 28.8 Å². The van der Waals surface area contributed by atoms with Gasteiger partial charge >= 0.3 is 5.97 Å². The van der Waals surface area contributed by atoms with Gasteiger partial charge in [0.1, 0.15) is 5.75 Å². The Kier molecular flexibility index (Phi) is 4.76. The maximum atomic E-state index is 13.7. The number of rotatable bonds is 5. The second-order valence-electron chi connectivity index (χ2n) is 3.68. The maximum absolute atomic E-state index is 13.7. The van der Waals surface area contributed by atoms with Crippen molar-refractivity contribution in [2.24, 2.45) is 5.73 Å². The van der Waals surface area contributed by atoms with Crippen LogP contribution >= 0.6 is 0 Å². The van der Waals surface area contributed by atoms with Gasteiger partial charge in [-0.25, -0.2) is 9.18 Å². The van der Waals surface area contributed by atoms with Gasteiger partial charge in [0.2, 0.25) is 6.17 Å². The molecule has 1 rings (SSSR count). The van der Waals surface area contributed by atoms with Gasteiger partial charge in [-0.1, -0.05) is 0 Å². The lowest BCUT2D eigenvalue weighted by Crippen LogP contribution is -2.31. The van der Waals surface area contributed by atoms with E-state index in [0.717, 1.165) is 18.2 Å². The first-order chi connectivity index (χ1) is 8.88. The Hall–Kier alpha value is -2.22. The second-order valence-corrected chi connectivity index (χ2v) is 3.68. The van der Waals surface area contributed by atoms with E-state index in [1.807, 2.05) is 0 Å². The number of ether oxygens (including phenoxy) is 1. The van der Waals surface area contributed by atoms with Gasteiger partial charge in [-0.2, -0.15) is 0 Å². The van der Waals surface area contributed by atoms with Gasteiger partial charge < -0.3 is 15.6 Å². The lowest BCUT2D eigenvalue weighted by molar-refractivity contribution is -0.385. The van der Waals surface area contributed by atoms with Crippen molar-refractivity contribution in [3.05, 3.63) is 33.9 Å². The van der Waals surface area contributed by atoms with Crippen molar-refractivity contribution in [2.75, 3.05) is 6.61 Å². The predicted octanol–water partition coefficient (Wildman–Crippen LogP) is 1.20. The van der Waals surface area contributed by atoms with E-state index in [0.29, 0.717) is 0 Å². The molecule has 1 aromatic rings. The highest BCUT2D eigenvalue weighted by Crippen LogP contribution is 2.30. The average molecular weight is 272 g/mol. The first-order valence-corrected chi connectivity index (χ1v) is 5.42. The molecule has 0 bridgehead atoms. The summed E-state index contributed by atoms with van der Waals surface area (Å²) < 4.78 is 18.1. The van der Waals surface area contributed by atoms with Gasteiger partial charge in [0.25, 0.3) is 5.69 Å². The number of aromatic hydroxyl groups is 1. The topological polar surface area (TPSA) is 116 Å². The number of hydrogen-bond donors (Lipinski definition) is 2. The molecule has 7 nitrogen and oxygen atoms in total. The molecule has 0 aliphatic heterocycles. The number of hydrogen-bond acceptors (Lipinski definition) is 6. The van der Waals surface area contributed by atoms with Crippen LogP contribution in [0.3, 0.4) is 0 Å². The SMILES string of the molecule is CCOC(=O)C(F)[C@H](N)c1cc([N+](=O)[O-])ccc1O. The second kappa shape index (κ2) is 6.10. The third kappa shape index (κ3) is 3.38. The quantitative estimate of drug-likeness (QED) is 0.472. The van der Waals surface area contributed by atoms with Crippen LogP contribution in [-0.2, 0) is 9.53 Å². The number of phenols is 1. The third-order valence-electron chi connectivity index (χ3n) is 2.41. The maximum Gasteiger partial charge on any atom is 0.342 e. The van der Waals surface area contributed by atoms with Crippen LogP contribution in [0.25, 0.3) is 0 Å². The van der Waals surface area contributed by atoms with Gasteiger partial charge in [-0.05, 0) is 13.0 Å². The summed E-state index contributed by atoms with van der Waals surface area (Å²) in [5.74, 6) is -1.61. The molecule has 8 heteroatoms. The van der Waals surface area contributed by atoms with Crippen molar-refractivity contribution in [3.8, 4) is 5.75 Å². The normalized spacial score (nSPS) is 13.6. The van der Waals surface area contributed by atoms with Crippen molar-refractivity contribution in [1.29, 1.82) is 0 Å². The van der Waals surface area contributed by atoms with Crippen molar-refractivity contribution in [1.82, 2.24) is 0 Å². The molecule has 19 heavy (non-hydrogen) atoms. The first kappa shape index (κ1) is 14.8. The van der Waals surface area contributed by atoms with Crippen LogP contribution in [0.2, 0.25) is 0 Å². The highest BCUT2D eigenvalue weighted by Gasteiger charge is 2.30. The number of alkyl halides is 1. The van der Waals surface area contributed by atoms with E-state index >= 15 is 0 Å². The van der Waals surface area contributed by atoms with Crippen molar-refractivity contribution < 1.29 is 24.0 Å². The molecular weight excluding hydrogens is 259 g/mol. The summed E-state index contributed by atoms with van der Waals surface area (Å²) in [5.41, 5.74) is 4.89. The number of carbonyl (C=O) groups excluding carboxylic acids is 1. The van der Waals surface area contributed by atoms with Crippen LogP contribution in [0.1, 0.15) is 18.5 Å². The van der Waals surface area contributed by atoms with Crippen molar-refractivity contribution in [3.63, 3.8) is 0 Å². The van der Waals surface area contributed by atoms with E-state index in [2.05, 4.69) is 4.74 Å². The molecule has 0 heterocycles. The van der Waals surface area contributed by atoms with E-state index in [1.54, 1.807) is 0 Å². The Labute approximate surface area is 107 Å². The number of nitro benzene ring substituents is 1. The molecule has 0 aliphatic carbocycles. The standard InChI is InChI=1S/C11H13FN2O5/c1-2-19-11(16)9(12)10(13)7-5-6(14(17)18)3-4-8(7)15/h3-5,9-10,15H,2,13H2,1H3/t9?,10-/m1/s1. The Morgan fingerprint density at radius 2 is 2.26 bits per heavy atom. The van der Waals surface area contributed by atoms with E-state index in [4.69, 9.17) is 5.73 Å². The van der Waals surface area contributed by atoms with E-state index < -0.39 is 28.9 Å². The number of nitrogens with two attached hydrogens (primary N) is 1. The Morgan fingerprint density at radius 3 is 2.79 bits per heavy atom. The number of carbonyl (C=O) groups is 1. The van der Waals surface area contributed by atoms with Crippen LogP contribution in [0.5, 0.6) is 5.75 Å². The lowest BCUT2D eigenvalue weighted by Gasteiger charge is -2.16. The molecular formula is C11H13FN2O5. The first-order valence-electron chi connectivity index (χ1n) is 5.42. The molecule has 0 fully saturated rings. The van der Waals surface area contributed by atoms with Gasteiger partial charge in [0.05, 0.1) is 17.6 Å². The monoisotopic (exact) mass is 272 g/mol. The molecule has 1 aromatic carbocycles. The van der Waals surface area contributed by atoms with Gasteiger partial charge in [0.15, 0.2) is 0 Å². The molecule has 0 saturated heterocycles. The Bertz CT molecular complexity index is 494. The Balaban J connectivity index is 3.04. The molecule has 3 N–H and O–H groups in total. The molecule has 0 aliphatic rings. The zero-order valence-electron chi connectivity index (χ0n) is 10.1. The fourth-order valence-electron chi connectivity index (χ4n) is 1.45. The lowest BCUT2D eigenvalue weighted by atomic mass is 10.0. The molecule has 0 saturated carbocycles. The molecule has 0 amide bonds. The van der Waals surface area contributed by atoms with E-state index in [9.17, 15) is 24.4 Å². The molecule has 1 unspecified atom stereocenters. The zero-order chi connectivity index (χ0) is 14.6. The molecule has 0 aromatic heterocycles. The summed E-state index contributed by atoms with van der Waals surface area (Å²) in [5, 5.41) is 20.1. The van der Waals surface area contributed by atoms with Gasteiger partial charge in [0, 0.05) is 17.7 Å². The van der Waals surface area contributed by atoms with Crippen LogP contribution in [0.4, 0.5) is 10.1 Å². The van der Waals surface area contributed by atoms with Crippen molar-refractivity contribution >= 4 is 11.7 Å². The number of nitrogens with zero attached hydrogens (tertiary/aromatic N) is 1. The smallest absolute Gasteiger partial charge is 0.342 e. The minimum absolute atomic E-state index is 0.0209. The summed E-state index contributed by atoms with van der Waals surface area (Å²) >= 11 is 0. The summed E-state index contributed by atoms with van der Waals surface area (Å²) in [7, 11) is 0. The van der Waals surface area contributed by atoms with Gasteiger partial charge in [-0.3, -0.25) is 10.1 Å². The summed E-state index contributed by atoms with van der Waals surface area (Å²) in [6, 6.07) is 1.44. The van der Waals surface area contributed by atoms with E-state index in [1.165, 1.54) is 6.92 Å². The Morgan fingerprint density at radius 1 is 1.63 bits per heavy atom. The highest BCUT2D eigenvalue weighted by molar-refractivity contribution is 5.76. The number of non-ortho nitro benzene ring substituents is 1. The van der Waals surface area contributed by atoms with E-state index in [-0.39, 0.29) is 17.9 Å². The highest BCUT2D eigenvalue weighted by atomic mass is 19.1. The molecule has 0 radical (unpaired) electrons. The molecule has 2 atom stereocenters. The van der Waals surface area contributed by atoms with Crippen molar-refractivity contribution in [2.45, 2.75) is 19.1 Å². The fraction of sp³-hybridized carbons (Fsp3) is 0.364. The third-order valence-corrected chi connectivity index (χ3v) is 2.41. The summed E-state index contributed by atoms with van der Waals surface area (Å²) in [4.78, 5) is 21.1. The van der Waals surface area contributed by atoms with Crippen LogP contribution < -0.4 is 5.73 Å². The number of nitro groups is 1. The summed E-state index contributed by atoms with van der Waals surface area (Å²) in [6.45, 7) is 1.48. The molecule has 104 valence electrons.